The molecule has 1 aliphatic rings. The van der Waals surface area contributed by atoms with Crippen LogP contribution in [0.25, 0.3) is 0 Å². The summed E-state index contributed by atoms with van der Waals surface area (Å²) in [6, 6.07) is 0. The van der Waals surface area contributed by atoms with Crippen LogP contribution < -0.4 is 0 Å². The molecule has 0 fully saturated rings. The first kappa shape index (κ1) is 6.39. The highest BCUT2D eigenvalue weighted by Gasteiger charge is 2.16. The van der Waals surface area contributed by atoms with Crippen molar-refractivity contribution in [2.45, 2.75) is 18.9 Å². The Bertz CT molecular complexity index is 243. The highest BCUT2D eigenvalue weighted by Crippen LogP contribution is 2.24. The first-order chi connectivity index (χ1) is 5.47. The molecule has 2 heterocycles. The second-order valence-corrected chi connectivity index (χ2v) is 2.40. The Hall–Kier alpha value is -1.32. The van der Waals surface area contributed by atoms with Crippen molar-refractivity contribution in [3.63, 3.8) is 0 Å². The highest BCUT2D eigenvalue weighted by atomic mass is 16.5. The lowest BCUT2D eigenvalue weighted by Gasteiger charge is -2.15. The number of rotatable bonds is 1. The fourth-order valence-corrected chi connectivity index (χ4v) is 1.06. The van der Waals surface area contributed by atoms with Crippen LogP contribution in [-0.2, 0) is 4.74 Å². The molecule has 4 heteroatoms. The summed E-state index contributed by atoms with van der Waals surface area (Å²) in [6.07, 6.45) is 7.21. The summed E-state index contributed by atoms with van der Waals surface area (Å²) in [4.78, 5) is 0. The molecule has 0 saturated heterocycles. The van der Waals surface area contributed by atoms with Crippen molar-refractivity contribution in [3.8, 4) is 0 Å². The van der Waals surface area contributed by atoms with Crippen molar-refractivity contribution in [3.05, 3.63) is 24.3 Å². The van der Waals surface area contributed by atoms with E-state index in [4.69, 9.17) is 4.74 Å². The molecular formula is C7H8N2O2. The molecule has 1 unspecified atom stereocenters. The number of ether oxygens (including phenoxy) is 1. The van der Waals surface area contributed by atoms with Gasteiger partial charge in [-0.25, -0.2) is 0 Å². The predicted octanol–water partition coefficient (Wildman–Crippen LogP) is 1.43. The maximum absolute atomic E-state index is 5.28. The minimum absolute atomic E-state index is 0.0336. The molecule has 4 nitrogen and oxygen atoms in total. The summed E-state index contributed by atoms with van der Waals surface area (Å²) in [5.41, 5.74) is 0.773. The molecule has 0 spiro atoms. The van der Waals surface area contributed by atoms with Gasteiger partial charge < -0.3 is 9.26 Å². The fraction of sp³-hybridized carbons (Fsp3) is 0.429. The third-order valence-electron chi connectivity index (χ3n) is 1.64. The Balaban J connectivity index is 2.11. The Kier molecular flexibility index (Phi) is 1.59. The predicted molar refractivity (Wildman–Crippen MR) is 36.5 cm³/mol. The van der Waals surface area contributed by atoms with Gasteiger partial charge in [-0.3, -0.25) is 0 Å². The summed E-state index contributed by atoms with van der Waals surface area (Å²) < 4.78 is 9.88. The number of nitrogens with zero attached hydrogens (tertiary/aromatic N) is 2. The van der Waals surface area contributed by atoms with Gasteiger partial charge in [0, 0.05) is 5.27 Å². The van der Waals surface area contributed by atoms with E-state index in [-0.39, 0.29) is 6.10 Å². The quantitative estimate of drug-likeness (QED) is 0.610. The first-order valence-corrected chi connectivity index (χ1v) is 3.54. The third kappa shape index (κ3) is 1.24. The van der Waals surface area contributed by atoms with Gasteiger partial charge in [-0.1, -0.05) is 0 Å². The van der Waals surface area contributed by atoms with Gasteiger partial charge in [0.05, 0.1) is 6.26 Å². The van der Waals surface area contributed by atoms with Crippen LogP contribution in [0.2, 0.25) is 0 Å². The molecule has 2 rings (SSSR count). The average Bonchev–Trinajstić information content (AvgIpc) is 2.58. The van der Waals surface area contributed by atoms with Crippen LogP contribution in [0, 0.1) is 0 Å². The Labute approximate surface area is 63.8 Å². The molecule has 1 atom stereocenters. The van der Waals surface area contributed by atoms with Crippen molar-refractivity contribution in [1.82, 2.24) is 10.4 Å². The molecule has 0 aromatic carbocycles. The standard InChI is InChI=1S/C7H8N2O2/c1-2-4-10-7(3-1)6-5-11-9-8-6/h2,4-5,7H,1,3H2. The van der Waals surface area contributed by atoms with Crippen LogP contribution >= 0.6 is 0 Å². The van der Waals surface area contributed by atoms with Crippen LogP contribution in [0.4, 0.5) is 0 Å². The fourth-order valence-electron chi connectivity index (χ4n) is 1.06. The Morgan fingerprint density at radius 1 is 1.55 bits per heavy atom. The van der Waals surface area contributed by atoms with E-state index in [0.717, 1.165) is 18.5 Å². The van der Waals surface area contributed by atoms with Gasteiger partial charge in [0.1, 0.15) is 11.8 Å². The van der Waals surface area contributed by atoms with E-state index < -0.39 is 0 Å². The molecule has 11 heavy (non-hydrogen) atoms. The van der Waals surface area contributed by atoms with Gasteiger partial charge in [-0.2, -0.15) is 0 Å². The molecule has 1 aromatic heterocycles. The van der Waals surface area contributed by atoms with E-state index in [0.29, 0.717) is 0 Å². The summed E-state index contributed by atoms with van der Waals surface area (Å²) in [6.45, 7) is 0. The van der Waals surface area contributed by atoms with Crippen LogP contribution in [0.1, 0.15) is 24.6 Å². The molecule has 0 aliphatic carbocycles. The number of hydrogen-bond donors (Lipinski definition) is 0. The monoisotopic (exact) mass is 152 g/mol. The van der Waals surface area contributed by atoms with Gasteiger partial charge >= 0.3 is 0 Å². The largest absolute Gasteiger partial charge is 0.492 e. The molecule has 58 valence electrons. The average molecular weight is 152 g/mol. The maximum atomic E-state index is 5.28. The Morgan fingerprint density at radius 2 is 2.55 bits per heavy atom. The molecule has 0 radical (unpaired) electrons. The van der Waals surface area contributed by atoms with Gasteiger partial charge in [0.2, 0.25) is 0 Å². The second kappa shape index (κ2) is 2.74. The van der Waals surface area contributed by atoms with Crippen LogP contribution in [0.3, 0.4) is 0 Å². The third-order valence-corrected chi connectivity index (χ3v) is 1.64. The lowest BCUT2D eigenvalue weighted by molar-refractivity contribution is 0.121. The summed E-state index contributed by atoms with van der Waals surface area (Å²) >= 11 is 0. The van der Waals surface area contributed by atoms with Crippen molar-refractivity contribution in [2.75, 3.05) is 0 Å². The SMILES string of the molecule is C1=COC(c2conn2)CC1. The lowest BCUT2D eigenvalue weighted by Crippen LogP contribution is -2.03. The van der Waals surface area contributed by atoms with Gasteiger partial charge in [0.25, 0.3) is 0 Å². The number of allylic oxidation sites excluding steroid dienone is 1. The number of hydrogen-bond acceptors (Lipinski definition) is 4. The van der Waals surface area contributed by atoms with E-state index in [9.17, 15) is 0 Å². The molecule has 0 bridgehead atoms. The van der Waals surface area contributed by atoms with E-state index in [1.165, 1.54) is 6.26 Å². The van der Waals surface area contributed by atoms with Crippen LogP contribution in [0.15, 0.2) is 23.1 Å². The smallest absolute Gasteiger partial charge is 0.151 e. The molecule has 1 aliphatic heterocycles. The zero-order valence-electron chi connectivity index (χ0n) is 5.93. The summed E-state index contributed by atoms with van der Waals surface area (Å²) in [5.74, 6) is 0. The minimum Gasteiger partial charge on any atom is -0.492 e. The van der Waals surface area contributed by atoms with E-state index in [1.54, 1.807) is 6.26 Å². The minimum atomic E-state index is 0.0336. The number of aromatic nitrogens is 2. The highest BCUT2D eigenvalue weighted by molar-refractivity contribution is 4.98. The normalized spacial score (nSPS) is 23.1. The first-order valence-electron chi connectivity index (χ1n) is 3.54. The van der Waals surface area contributed by atoms with Crippen molar-refractivity contribution >= 4 is 0 Å². The van der Waals surface area contributed by atoms with Crippen molar-refractivity contribution in [2.24, 2.45) is 0 Å². The molecule has 1 aromatic rings. The zero-order valence-corrected chi connectivity index (χ0v) is 5.93. The van der Waals surface area contributed by atoms with Crippen LogP contribution in [-0.4, -0.2) is 10.4 Å². The van der Waals surface area contributed by atoms with Crippen molar-refractivity contribution < 1.29 is 9.26 Å². The van der Waals surface area contributed by atoms with E-state index in [2.05, 4.69) is 14.9 Å². The van der Waals surface area contributed by atoms with Gasteiger partial charge in [0.15, 0.2) is 6.26 Å². The summed E-state index contributed by atoms with van der Waals surface area (Å²) in [7, 11) is 0. The topological polar surface area (TPSA) is 48.2 Å². The lowest BCUT2D eigenvalue weighted by atomic mass is 10.1. The molecule has 0 N–H and O–H groups in total. The summed E-state index contributed by atoms with van der Waals surface area (Å²) in [5, 5.41) is 7.13. The van der Waals surface area contributed by atoms with E-state index >= 15 is 0 Å². The second-order valence-electron chi connectivity index (χ2n) is 2.40. The molecule has 0 amide bonds. The zero-order chi connectivity index (χ0) is 7.52. The molecular weight excluding hydrogens is 144 g/mol. The van der Waals surface area contributed by atoms with Crippen LogP contribution in [0.5, 0.6) is 0 Å². The Morgan fingerprint density at radius 3 is 3.18 bits per heavy atom. The van der Waals surface area contributed by atoms with Gasteiger partial charge in [-0.15, -0.1) is 5.10 Å². The van der Waals surface area contributed by atoms with E-state index in [1.807, 2.05) is 6.08 Å². The maximum Gasteiger partial charge on any atom is 0.151 e. The molecule has 0 saturated carbocycles. The van der Waals surface area contributed by atoms with Gasteiger partial charge in [-0.05, 0) is 18.9 Å². The van der Waals surface area contributed by atoms with Crippen molar-refractivity contribution in [1.29, 1.82) is 0 Å².